The number of aromatic nitrogens is 2. The third-order valence-electron chi connectivity index (χ3n) is 4.71. The quantitative estimate of drug-likeness (QED) is 0.660. The molecule has 0 amide bonds. The lowest BCUT2D eigenvalue weighted by Gasteiger charge is -2.35. The standard InChI is InChI=1S/C19H21N3O2S/c1-21-10-13(11-21)12-24-19(23)14-5-6-17-16(8-14)20-18(22(17)2)9-15-4-3-7-25-15/h3-8,13H,9-12H2,1-2H3. The predicted molar refractivity (Wildman–Crippen MR) is 99.1 cm³/mol. The summed E-state index contributed by atoms with van der Waals surface area (Å²) in [6.45, 7) is 2.49. The molecule has 2 aromatic heterocycles. The van der Waals surface area contributed by atoms with Crippen LogP contribution in [-0.2, 0) is 18.2 Å². The van der Waals surface area contributed by atoms with E-state index in [1.165, 1.54) is 4.88 Å². The molecule has 0 atom stereocenters. The zero-order valence-electron chi connectivity index (χ0n) is 14.4. The number of likely N-dealkylation sites (tertiary alicyclic amines) is 1. The van der Waals surface area contributed by atoms with Gasteiger partial charge in [0.05, 0.1) is 23.2 Å². The van der Waals surface area contributed by atoms with Gasteiger partial charge in [-0.2, -0.15) is 0 Å². The Bertz CT molecular complexity index is 895. The number of esters is 1. The van der Waals surface area contributed by atoms with Crippen molar-refractivity contribution < 1.29 is 9.53 Å². The number of ether oxygens (including phenoxy) is 1. The maximum atomic E-state index is 12.3. The molecule has 0 spiro atoms. The van der Waals surface area contributed by atoms with Gasteiger partial charge in [-0.15, -0.1) is 11.3 Å². The van der Waals surface area contributed by atoms with E-state index < -0.39 is 0 Å². The van der Waals surface area contributed by atoms with Crippen LogP contribution < -0.4 is 0 Å². The Morgan fingerprint density at radius 2 is 2.16 bits per heavy atom. The Labute approximate surface area is 150 Å². The van der Waals surface area contributed by atoms with Gasteiger partial charge >= 0.3 is 5.97 Å². The van der Waals surface area contributed by atoms with Crippen molar-refractivity contribution in [2.75, 3.05) is 26.7 Å². The van der Waals surface area contributed by atoms with Crippen LogP contribution in [0.5, 0.6) is 0 Å². The summed E-state index contributed by atoms with van der Waals surface area (Å²) >= 11 is 1.73. The fourth-order valence-corrected chi connectivity index (χ4v) is 4.02. The monoisotopic (exact) mass is 355 g/mol. The molecule has 130 valence electrons. The van der Waals surface area contributed by atoms with E-state index in [1.807, 2.05) is 25.2 Å². The summed E-state index contributed by atoms with van der Waals surface area (Å²) in [5, 5.41) is 2.08. The molecular weight excluding hydrogens is 334 g/mol. The SMILES string of the molecule is CN1CC(COC(=O)c2ccc3c(c2)nc(Cc2cccs2)n3C)C1. The summed E-state index contributed by atoms with van der Waals surface area (Å²) in [6, 6.07) is 9.78. The minimum atomic E-state index is -0.262. The fraction of sp³-hybridized carbons (Fsp3) is 0.368. The highest BCUT2D eigenvalue weighted by Crippen LogP contribution is 2.21. The summed E-state index contributed by atoms with van der Waals surface area (Å²) in [5.41, 5.74) is 2.44. The number of hydrogen-bond donors (Lipinski definition) is 0. The molecule has 0 radical (unpaired) electrons. The van der Waals surface area contributed by atoms with Crippen LogP contribution in [0.4, 0.5) is 0 Å². The van der Waals surface area contributed by atoms with Gasteiger partial charge in [0.25, 0.3) is 0 Å². The number of benzene rings is 1. The number of nitrogens with zero attached hydrogens (tertiary/aromatic N) is 3. The van der Waals surface area contributed by atoms with Gasteiger partial charge in [0.2, 0.25) is 0 Å². The first-order valence-corrected chi connectivity index (χ1v) is 9.31. The number of rotatable bonds is 5. The maximum Gasteiger partial charge on any atom is 0.338 e. The lowest BCUT2D eigenvalue weighted by Crippen LogP contribution is -2.46. The molecule has 3 aromatic rings. The molecule has 25 heavy (non-hydrogen) atoms. The first-order valence-electron chi connectivity index (χ1n) is 8.43. The van der Waals surface area contributed by atoms with Crippen LogP contribution in [0.3, 0.4) is 0 Å². The van der Waals surface area contributed by atoms with E-state index in [0.29, 0.717) is 18.1 Å². The van der Waals surface area contributed by atoms with Gasteiger partial charge in [0, 0.05) is 37.4 Å². The van der Waals surface area contributed by atoms with E-state index in [-0.39, 0.29) is 5.97 Å². The van der Waals surface area contributed by atoms with E-state index in [9.17, 15) is 4.79 Å². The van der Waals surface area contributed by atoms with Crippen molar-refractivity contribution >= 4 is 28.3 Å². The average Bonchev–Trinajstić information content (AvgIpc) is 3.19. The van der Waals surface area contributed by atoms with Crippen molar-refractivity contribution in [3.8, 4) is 0 Å². The largest absolute Gasteiger partial charge is 0.462 e. The summed E-state index contributed by atoms with van der Waals surface area (Å²) < 4.78 is 7.54. The van der Waals surface area contributed by atoms with Crippen LogP contribution >= 0.6 is 11.3 Å². The average molecular weight is 355 g/mol. The normalized spacial score (nSPS) is 15.4. The van der Waals surface area contributed by atoms with Crippen molar-refractivity contribution in [2.45, 2.75) is 6.42 Å². The Hall–Kier alpha value is -2.18. The summed E-state index contributed by atoms with van der Waals surface area (Å²) in [7, 11) is 4.09. The topological polar surface area (TPSA) is 47.4 Å². The number of carbonyl (C=O) groups is 1. The molecule has 1 aliphatic heterocycles. The van der Waals surface area contributed by atoms with Crippen LogP contribution in [0.2, 0.25) is 0 Å². The molecule has 0 aliphatic carbocycles. The van der Waals surface area contributed by atoms with Crippen molar-refractivity contribution in [2.24, 2.45) is 13.0 Å². The van der Waals surface area contributed by atoms with Crippen molar-refractivity contribution in [1.29, 1.82) is 0 Å². The van der Waals surface area contributed by atoms with Crippen LogP contribution in [0, 0.1) is 5.92 Å². The number of imidazole rings is 1. The number of thiophene rings is 1. The molecule has 0 bridgehead atoms. The Balaban J connectivity index is 1.50. The third kappa shape index (κ3) is 3.32. The molecule has 1 aromatic carbocycles. The van der Waals surface area contributed by atoms with Gasteiger partial charge in [-0.25, -0.2) is 9.78 Å². The summed E-state index contributed by atoms with van der Waals surface area (Å²) in [5.74, 6) is 1.20. The highest BCUT2D eigenvalue weighted by atomic mass is 32.1. The van der Waals surface area contributed by atoms with E-state index in [0.717, 1.165) is 36.4 Å². The zero-order chi connectivity index (χ0) is 17.4. The first kappa shape index (κ1) is 16.3. The summed E-state index contributed by atoms with van der Waals surface area (Å²) in [6.07, 6.45) is 0.803. The molecule has 0 N–H and O–H groups in total. The minimum Gasteiger partial charge on any atom is -0.462 e. The minimum absolute atomic E-state index is 0.262. The van der Waals surface area contributed by atoms with Crippen LogP contribution in [0.15, 0.2) is 35.7 Å². The molecule has 0 saturated carbocycles. The van der Waals surface area contributed by atoms with E-state index in [4.69, 9.17) is 9.72 Å². The van der Waals surface area contributed by atoms with Gasteiger partial charge in [-0.1, -0.05) is 6.07 Å². The number of fused-ring (bicyclic) bond motifs is 1. The van der Waals surface area contributed by atoms with E-state index >= 15 is 0 Å². The fourth-order valence-electron chi connectivity index (χ4n) is 3.31. The van der Waals surface area contributed by atoms with Crippen LogP contribution in [0.25, 0.3) is 11.0 Å². The Morgan fingerprint density at radius 3 is 2.88 bits per heavy atom. The molecule has 5 nitrogen and oxygen atoms in total. The highest BCUT2D eigenvalue weighted by molar-refractivity contribution is 7.09. The lowest BCUT2D eigenvalue weighted by atomic mass is 10.0. The predicted octanol–water partition coefficient (Wildman–Crippen LogP) is 2.94. The van der Waals surface area contributed by atoms with Crippen LogP contribution in [0.1, 0.15) is 21.1 Å². The third-order valence-corrected chi connectivity index (χ3v) is 5.59. The van der Waals surface area contributed by atoms with Crippen LogP contribution in [-0.4, -0.2) is 47.2 Å². The molecule has 1 saturated heterocycles. The number of hydrogen-bond acceptors (Lipinski definition) is 5. The van der Waals surface area contributed by atoms with Gasteiger partial charge in [0.15, 0.2) is 0 Å². The lowest BCUT2D eigenvalue weighted by molar-refractivity contribution is 0.0220. The Morgan fingerprint density at radius 1 is 1.32 bits per heavy atom. The Kier molecular flexibility index (Phi) is 4.31. The second-order valence-corrected chi connectivity index (χ2v) is 7.76. The van der Waals surface area contributed by atoms with E-state index in [1.54, 1.807) is 11.3 Å². The van der Waals surface area contributed by atoms with Crippen molar-refractivity contribution in [1.82, 2.24) is 14.5 Å². The second-order valence-electron chi connectivity index (χ2n) is 6.73. The van der Waals surface area contributed by atoms with Gasteiger partial charge in [-0.05, 0) is 36.7 Å². The van der Waals surface area contributed by atoms with Gasteiger partial charge in [0.1, 0.15) is 5.82 Å². The van der Waals surface area contributed by atoms with Crippen molar-refractivity contribution in [3.63, 3.8) is 0 Å². The summed E-state index contributed by atoms with van der Waals surface area (Å²) in [4.78, 5) is 20.5. The number of carbonyl (C=O) groups excluding carboxylic acids is 1. The smallest absolute Gasteiger partial charge is 0.338 e. The van der Waals surface area contributed by atoms with Gasteiger partial charge in [-0.3, -0.25) is 0 Å². The maximum absolute atomic E-state index is 12.3. The molecular formula is C19H21N3O2S. The molecule has 4 rings (SSSR count). The molecule has 1 fully saturated rings. The molecule has 6 heteroatoms. The first-order chi connectivity index (χ1) is 12.1. The highest BCUT2D eigenvalue weighted by Gasteiger charge is 2.24. The van der Waals surface area contributed by atoms with Gasteiger partial charge < -0.3 is 14.2 Å². The van der Waals surface area contributed by atoms with E-state index in [2.05, 4.69) is 34.0 Å². The zero-order valence-corrected chi connectivity index (χ0v) is 15.3. The second kappa shape index (κ2) is 6.61. The molecule has 1 aliphatic rings. The molecule has 3 heterocycles. The number of aryl methyl sites for hydroxylation is 1. The van der Waals surface area contributed by atoms with Crippen molar-refractivity contribution in [3.05, 3.63) is 52.0 Å². The molecule has 0 unspecified atom stereocenters.